The van der Waals surface area contributed by atoms with Gasteiger partial charge in [0.2, 0.25) is 0 Å². The van der Waals surface area contributed by atoms with Crippen LogP contribution in [0.3, 0.4) is 0 Å². The van der Waals surface area contributed by atoms with Crippen LogP contribution >= 0.6 is 0 Å². The number of aromatic nitrogens is 2. The number of hydrogen-bond acceptors (Lipinski definition) is 5. The highest BCUT2D eigenvalue weighted by Crippen LogP contribution is 2.40. The first kappa shape index (κ1) is 20.6. The van der Waals surface area contributed by atoms with E-state index in [2.05, 4.69) is 45.2 Å². The van der Waals surface area contributed by atoms with Crippen LogP contribution in [-0.2, 0) is 11.3 Å². The molecule has 1 saturated carbocycles. The molecule has 2 saturated heterocycles. The Bertz CT molecular complexity index is 889. The van der Waals surface area contributed by atoms with Crippen LogP contribution < -0.4 is 0 Å². The second-order valence-electron chi connectivity index (χ2n) is 9.40. The normalized spacial score (nSPS) is 23.3. The van der Waals surface area contributed by atoms with Gasteiger partial charge in [-0.2, -0.15) is 0 Å². The molecule has 6 nitrogen and oxygen atoms in total. The molecule has 164 valence electrons. The van der Waals surface area contributed by atoms with Crippen molar-refractivity contribution in [3.63, 3.8) is 0 Å². The fourth-order valence-corrected chi connectivity index (χ4v) is 5.17. The molecular weight excluding hydrogens is 388 g/mol. The third-order valence-electron chi connectivity index (χ3n) is 7.12. The molecule has 1 atom stereocenters. The van der Waals surface area contributed by atoms with Crippen molar-refractivity contribution in [1.29, 1.82) is 0 Å². The van der Waals surface area contributed by atoms with Crippen LogP contribution in [0.2, 0.25) is 0 Å². The number of rotatable bonds is 5. The van der Waals surface area contributed by atoms with Crippen molar-refractivity contribution >= 4 is 5.91 Å². The second-order valence-corrected chi connectivity index (χ2v) is 9.40. The molecule has 3 aliphatic rings. The number of hydrogen-bond donors (Lipinski definition) is 0. The lowest BCUT2D eigenvalue weighted by molar-refractivity contribution is -0.131. The minimum absolute atomic E-state index is 0.0154. The van der Waals surface area contributed by atoms with Gasteiger partial charge in [0.15, 0.2) is 0 Å². The molecule has 3 heterocycles. The Balaban J connectivity index is 1.23. The lowest BCUT2D eigenvalue weighted by atomic mass is 9.81. The molecule has 0 bridgehead atoms. The average Bonchev–Trinajstić information content (AvgIpc) is 3.64. The van der Waals surface area contributed by atoms with Crippen molar-refractivity contribution in [3.05, 3.63) is 59.7 Å². The molecule has 6 heteroatoms. The van der Waals surface area contributed by atoms with Crippen molar-refractivity contribution in [3.8, 4) is 0 Å². The first-order chi connectivity index (χ1) is 15.1. The highest BCUT2D eigenvalue weighted by Gasteiger charge is 2.45. The molecule has 31 heavy (non-hydrogen) atoms. The third-order valence-corrected chi connectivity index (χ3v) is 7.12. The molecule has 5 rings (SSSR count). The minimum Gasteiger partial charge on any atom is -0.375 e. The van der Waals surface area contributed by atoms with Crippen LogP contribution in [0.15, 0.2) is 42.7 Å². The third kappa shape index (κ3) is 4.65. The van der Waals surface area contributed by atoms with Gasteiger partial charge in [0.1, 0.15) is 5.69 Å². The Hall–Kier alpha value is -2.31. The van der Waals surface area contributed by atoms with Crippen molar-refractivity contribution in [2.75, 3.05) is 19.7 Å². The first-order valence-corrected chi connectivity index (χ1v) is 11.6. The molecule has 1 spiro atoms. The van der Waals surface area contributed by atoms with Gasteiger partial charge in [0.25, 0.3) is 5.91 Å². The molecule has 1 aliphatic carbocycles. The number of likely N-dealkylation sites (tertiary alicyclic amines) is 1. The Morgan fingerprint density at radius 3 is 2.55 bits per heavy atom. The Labute approximate surface area is 184 Å². The zero-order valence-corrected chi connectivity index (χ0v) is 18.4. The van der Waals surface area contributed by atoms with E-state index in [4.69, 9.17) is 4.74 Å². The summed E-state index contributed by atoms with van der Waals surface area (Å²) in [7, 11) is 0. The number of benzene rings is 1. The van der Waals surface area contributed by atoms with Crippen LogP contribution in [0.5, 0.6) is 0 Å². The minimum atomic E-state index is -0.0948. The number of nitrogens with zero attached hydrogens (tertiary/aromatic N) is 4. The summed E-state index contributed by atoms with van der Waals surface area (Å²) in [5.74, 6) is -0.0154. The SMILES string of the molecule is Cc1cnc(C(=O)N2CCC3(CC2)CC(N(Cc2ccccc2)C2CC2)CCO3)cn1. The molecular formula is C25H32N4O2. The maximum absolute atomic E-state index is 12.8. The molecule has 3 fully saturated rings. The van der Waals surface area contributed by atoms with Gasteiger partial charge in [-0.05, 0) is 51.0 Å². The summed E-state index contributed by atoms with van der Waals surface area (Å²) < 4.78 is 6.39. The average molecular weight is 421 g/mol. The standard InChI is InChI=1S/C25H32N4O2/c1-19-16-27-23(17-26-19)24(30)28-12-10-25(11-13-28)15-22(9-14-31-25)29(21-7-8-21)18-20-5-3-2-4-6-20/h2-6,16-17,21-22H,7-15,18H2,1H3. The van der Waals surface area contributed by atoms with E-state index in [9.17, 15) is 4.79 Å². The summed E-state index contributed by atoms with van der Waals surface area (Å²) in [5.41, 5.74) is 2.57. The highest BCUT2D eigenvalue weighted by molar-refractivity contribution is 5.92. The van der Waals surface area contributed by atoms with E-state index in [-0.39, 0.29) is 11.5 Å². The Kier molecular flexibility index (Phi) is 5.76. The van der Waals surface area contributed by atoms with E-state index < -0.39 is 0 Å². The van der Waals surface area contributed by atoms with Gasteiger partial charge in [-0.25, -0.2) is 4.98 Å². The van der Waals surface area contributed by atoms with Gasteiger partial charge in [-0.3, -0.25) is 14.7 Å². The second kappa shape index (κ2) is 8.67. The largest absolute Gasteiger partial charge is 0.375 e. The summed E-state index contributed by atoms with van der Waals surface area (Å²) in [6.45, 7) is 5.18. The van der Waals surface area contributed by atoms with E-state index in [0.29, 0.717) is 11.7 Å². The number of aryl methyl sites for hydroxylation is 1. The zero-order chi connectivity index (χ0) is 21.3. The quantitative estimate of drug-likeness (QED) is 0.740. The van der Waals surface area contributed by atoms with E-state index in [1.807, 2.05) is 11.8 Å². The Morgan fingerprint density at radius 1 is 1.10 bits per heavy atom. The molecule has 2 aromatic rings. The molecule has 1 unspecified atom stereocenters. The van der Waals surface area contributed by atoms with Crippen molar-refractivity contribution in [2.24, 2.45) is 0 Å². The van der Waals surface area contributed by atoms with Crippen molar-refractivity contribution in [1.82, 2.24) is 19.8 Å². The Morgan fingerprint density at radius 2 is 1.87 bits per heavy atom. The van der Waals surface area contributed by atoms with Gasteiger partial charge in [0, 0.05) is 44.5 Å². The molecule has 1 aromatic heterocycles. The topological polar surface area (TPSA) is 58.6 Å². The number of ether oxygens (including phenoxy) is 1. The van der Waals surface area contributed by atoms with E-state index in [0.717, 1.165) is 63.7 Å². The number of piperidine rings is 1. The van der Waals surface area contributed by atoms with Crippen molar-refractivity contribution < 1.29 is 9.53 Å². The van der Waals surface area contributed by atoms with Crippen LogP contribution in [0.1, 0.15) is 60.3 Å². The molecule has 1 amide bonds. The molecule has 1 aromatic carbocycles. The van der Waals surface area contributed by atoms with Crippen LogP contribution in [-0.4, -0.2) is 63.1 Å². The van der Waals surface area contributed by atoms with Crippen LogP contribution in [0.4, 0.5) is 0 Å². The number of carbonyl (C=O) groups is 1. The molecule has 0 N–H and O–H groups in total. The van der Waals surface area contributed by atoms with Gasteiger partial charge in [0.05, 0.1) is 17.5 Å². The number of amides is 1. The van der Waals surface area contributed by atoms with E-state index in [1.165, 1.54) is 18.4 Å². The fourth-order valence-electron chi connectivity index (χ4n) is 5.17. The van der Waals surface area contributed by atoms with Gasteiger partial charge in [-0.1, -0.05) is 30.3 Å². The predicted molar refractivity (Wildman–Crippen MR) is 119 cm³/mol. The van der Waals surface area contributed by atoms with Crippen LogP contribution in [0, 0.1) is 6.92 Å². The van der Waals surface area contributed by atoms with Crippen molar-refractivity contribution in [2.45, 2.75) is 69.7 Å². The summed E-state index contributed by atoms with van der Waals surface area (Å²) in [4.78, 5) is 26.0. The summed E-state index contributed by atoms with van der Waals surface area (Å²) >= 11 is 0. The van der Waals surface area contributed by atoms with Gasteiger partial charge < -0.3 is 9.64 Å². The molecule has 2 aliphatic heterocycles. The zero-order valence-electron chi connectivity index (χ0n) is 18.4. The van der Waals surface area contributed by atoms with Gasteiger partial charge >= 0.3 is 0 Å². The van der Waals surface area contributed by atoms with E-state index >= 15 is 0 Å². The van der Waals surface area contributed by atoms with Gasteiger partial charge in [-0.15, -0.1) is 0 Å². The summed E-state index contributed by atoms with van der Waals surface area (Å²) in [5, 5.41) is 0. The first-order valence-electron chi connectivity index (χ1n) is 11.6. The summed E-state index contributed by atoms with van der Waals surface area (Å²) in [6.07, 6.45) is 9.86. The monoisotopic (exact) mass is 420 g/mol. The van der Waals surface area contributed by atoms with Crippen LogP contribution in [0.25, 0.3) is 0 Å². The molecule has 0 radical (unpaired) electrons. The smallest absolute Gasteiger partial charge is 0.274 e. The lowest BCUT2D eigenvalue weighted by Gasteiger charge is -2.48. The maximum atomic E-state index is 12.8. The summed E-state index contributed by atoms with van der Waals surface area (Å²) in [6, 6.07) is 12.1. The number of carbonyl (C=O) groups excluding carboxylic acids is 1. The predicted octanol–water partition coefficient (Wildman–Crippen LogP) is 3.60. The maximum Gasteiger partial charge on any atom is 0.274 e. The van der Waals surface area contributed by atoms with E-state index in [1.54, 1.807) is 12.4 Å². The lowest BCUT2D eigenvalue weighted by Crippen LogP contribution is -2.54. The highest BCUT2D eigenvalue weighted by atomic mass is 16.5. The fraction of sp³-hybridized carbons (Fsp3) is 0.560.